The van der Waals surface area contributed by atoms with Crippen molar-refractivity contribution < 1.29 is 0 Å². The summed E-state index contributed by atoms with van der Waals surface area (Å²) in [4.78, 5) is 0. The first-order valence-corrected chi connectivity index (χ1v) is 43.6. The second kappa shape index (κ2) is 28.8. The van der Waals surface area contributed by atoms with Crippen molar-refractivity contribution in [2.24, 2.45) is 0 Å². The largest absolute Gasteiger partial charge is 0.309 e. The minimum Gasteiger partial charge on any atom is -0.309 e. The number of hydrogen-bond acceptors (Lipinski definition) is 3. The van der Waals surface area contributed by atoms with E-state index in [0.717, 1.165) is 0 Å². The summed E-state index contributed by atoms with van der Waals surface area (Å²) in [6.45, 7) is 8.72. The summed E-state index contributed by atoms with van der Waals surface area (Å²) in [5.74, 6) is 0. The number of rotatable bonds is 6. The third-order valence-corrected chi connectivity index (χ3v) is 28.0. The fourth-order valence-electron chi connectivity index (χ4n) is 19.0. The first kappa shape index (κ1) is 71.0. The molecule has 0 radical (unpaired) electrons. The summed E-state index contributed by atoms with van der Waals surface area (Å²) in [6, 6.07) is 143. The molecule has 26 aromatic rings. The average molecular weight is 1590 g/mol. The van der Waals surface area contributed by atoms with Crippen molar-refractivity contribution in [2.75, 3.05) is 0 Å². The fraction of sp³-hybridized carbons (Fsp3) is 0.0357. The summed E-state index contributed by atoms with van der Waals surface area (Å²) in [5.41, 5.74) is 26.3. The molecule has 0 aliphatic heterocycles. The molecule has 26 rings (SSSR count). The van der Waals surface area contributed by atoms with E-state index >= 15 is 0 Å². The Morgan fingerprint density at radius 2 is 0.542 bits per heavy atom. The molecule has 0 unspecified atom stereocenters. The minimum atomic E-state index is 1.18. The van der Waals surface area contributed by atoms with Gasteiger partial charge in [-0.1, -0.05) is 248 Å². The van der Waals surface area contributed by atoms with Crippen LogP contribution in [0.3, 0.4) is 0 Å². The Morgan fingerprint density at radius 3 is 1.16 bits per heavy atom. The van der Waals surface area contributed by atoms with Crippen LogP contribution in [0.2, 0.25) is 0 Å². The summed E-state index contributed by atoms with van der Waals surface area (Å²) >= 11 is 5.71. The predicted octanol–water partition coefficient (Wildman–Crippen LogP) is 32.2. The van der Waals surface area contributed by atoms with Gasteiger partial charge in [-0.2, -0.15) is 0 Å². The van der Waals surface area contributed by atoms with E-state index in [9.17, 15) is 0 Å². The molecule has 0 saturated carbocycles. The highest BCUT2D eigenvalue weighted by molar-refractivity contribution is 7.27. The van der Waals surface area contributed by atoms with Gasteiger partial charge in [0.15, 0.2) is 0 Å². The Balaban J connectivity index is 0.0000000947. The molecule has 0 amide bonds. The maximum Gasteiger partial charge on any atom is 0.0634 e. The average Bonchev–Trinajstić information content (AvgIpc) is 1.57. The molecule has 8 aromatic heterocycles. The van der Waals surface area contributed by atoms with Gasteiger partial charge in [0, 0.05) is 143 Å². The molecule has 5 nitrogen and oxygen atoms in total. The minimum absolute atomic E-state index is 1.18. The van der Waals surface area contributed by atoms with Gasteiger partial charge in [0.1, 0.15) is 0 Å². The smallest absolute Gasteiger partial charge is 0.0634 e. The predicted molar refractivity (Wildman–Crippen MR) is 521 cm³/mol. The monoisotopic (exact) mass is 1590 g/mol. The van der Waals surface area contributed by atoms with Gasteiger partial charge in [0.2, 0.25) is 0 Å². The summed E-state index contributed by atoms with van der Waals surface area (Å²) in [5, 5.41) is 21.3. The fourth-order valence-corrected chi connectivity index (χ4v) is 22.8. The van der Waals surface area contributed by atoms with Gasteiger partial charge in [0.05, 0.1) is 55.2 Å². The molecule has 0 N–H and O–H groups in total. The van der Waals surface area contributed by atoms with Gasteiger partial charge in [-0.15, -0.1) is 34.0 Å². The zero-order valence-electron chi connectivity index (χ0n) is 66.5. The van der Waals surface area contributed by atoms with Gasteiger partial charge in [0.25, 0.3) is 0 Å². The molecule has 8 heterocycles. The van der Waals surface area contributed by atoms with E-state index < -0.39 is 0 Å². The van der Waals surface area contributed by atoms with Crippen LogP contribution in [0.1, 0.15) is 22.3 Å². The van der Waals surface area contributed by atoms with Crippen LogP contribution in [0, 0.1) is 27.7 Å². The Bertz CT molecular complexity index is 8560. The van der Waals surface area contributed by atoms with E-state index in [-0.39, 0.29) is 0 Å². The van der Waals surface area contributed by atoms with Crippen LogP contribution in [0.25, 0.3) is 209 Å². The second-order valence-corrected chi connectivity index (χ2v) is 34.9. The maximum atomic E-state index is 2.43. The molecule has 0 spiro atoms. The first-order chi connectivity index (χ1) is 59.2. The molecule has 0 bridgehead atoms. The molecule has 8 heteroatoms. The molecular formula is C112H77N5S3. The molecule has 0 atom stereocenters. The molecule has 0 saturated heterocycles. The highest BCUT2D eigenvalue weighted by Gasteiger charge is 2.24. The lowest BCUT2D eigenvalue weighted by molar-refractivity contribution is 1.18. The number of thiophene rings is 3. The zero-order valence-corrected chi connectivity index (χ0v) is 68.9. The van der Waals surface area contributed by atoms with Crippen molar-refractivity contribution in [3.63, 3.8) is 0 Å². The molecule has 0 fully saturated rings. The maximum absolute atomic E-state index is 2.43. The normalized spacial score (nSPS) is 11.8. The Hall–Kier alpha value is -14.4. The van der Waals surface area contributed by atoms with Crippen molar-refractivity contribution in [1.82, 2.24) is 22.8 Å². The van der Waals surface area contributed by atoms with Crippen LogP contribution in [-0.2, 0) is 0 Å². The highest BCUT2D eigenvalue weighted by Crippen LogP contribution is 2.49. The molecular weight excluding hydrogens is 1510 g/mol. The summed E-state index contributed by atoms with van der Waals surface area (Å²) < 4.78 is 20.2. The topological polar surface area (TPSA) is 24.6 Å². The van der Waals surface area contributed by atoms with Crippen LogP contribution in [-0.4, -0.2) is 22.8 Å². The van der Waals surface area contributed by atoms with Crippen LogP contribution < -0.4 is 0 Å². The van der Waals surface area contributed by atoms with Crippen LogP contribution >= 0.6 is 34.0 Å². The highest BCUT2D eigenvalue weighted by atomic mass is 32.1. The van der Waals surface area contributed by atoms with Gasteiger partial charge in [-0.3, -0.25) is 0 Å². The van der Waals surface area contributed by atoms with Crippen molar-refractivity contribution >= 4 is 204 Å². The zero-order chi connectivity index (χ0) is 79.8. The quantitative estimate of drug-likeness (QED) is 0.159. The lowest BCUT2D eigenvalue weighted by atomic mass is 10.0. The van der Waals surface area contributed by atoms with E-state index in [2.05, 4.69) is 445 Å². The van der Waals surface area contributed by atoms with E-state index in [1.165, 1.54) is 231 Å². The van der Waals surface area contributed by atoms with E-state index in [1.54, 1.807) is 0 Å². The van der Waals surface area contributed by atoms with Crippen LogP contribution in [0.15, 0.2) is 394 Å². The van der Waals surface area contributed by atoms with Crippen molar-refractivity contribution in [1.29, 1.82) is 0 Å². The van der Waals surface area contributed by atoms with Gasteiger partial charge in [-0.25, -0.2) is 0 Å². The molecule has 568 valence electrons. The summed E-state index contributed by atoms with van der Waals surface area (Å²) in [6.07, 6.45) is 0. The number of fused-ring (bicyclic) bond motifs is 27. The Kier molecular flexibility index (Phi) is 17.0. The number of benzene rings is 18. The molecule has 0 aliphatic carbocycles. The SMILES string of the molecule is Cc1ccc2c(c1)c1cc(-c3ccc4c5ccccc5n(-c5ccccc5)c4c3)ccc1n2-c1ccccc1.Cc1ccc2c(c1)sc1c2ccc2c1c1ccccc1n2-c1ccccc1.Cc1ccc2c(c1)sc1ccc3c4ccccc4n(-c4ccccc4)c3c12.Cc1cccc2c1sc1ccc3c(c4ccccc4n3-c3ccccc3)c12. The van der Waals surface area contributed by atoms with Crippen molar-refractivity contribution in [2.45, 2.75) is 27.7 Å². The first-order valence-electron chi connectivity index (χ1n) is 41.1. The van der Waals surface area contributed by atoms with E-state index in [4.69, 9.17) is 0 Å². The standard InChI is InChI=1S/C37H26N2.3C25H17NS/c1-25-16-20-35-32(22-25)33-23-26(18-21-36(33)38(35)28-10-4-2-5-11-28)27-17-19-31-30-14-8-9-15-34(30)39(37(31)24-27)29-12-6-3-7-13-29;1-16-8-7-12-19-24-22(27-25(16)19)15-14-21-23(24)18-11-5-6-13-20(18)26(21)17-9-3-2-4-10-17;1-16-11-12-18-19-13-14-22-24(25(19)27-23(18)15-16)20-9-5-6-10-21(20)26(22)17-7-3-2-4-8-17;1-16-11-12-20-23(15-16)27-22-14-13-19-18-9-5-6-10-21(18)26(25(19)24(20)22)17-7-3-2-4-8-17/h2-24H,1H3;3*2-15H,1H3. The third kappa shape index (κ3) is 11.5. The second-order valence-electron chi connectivity index (χ2n) is 31.7. The van der Waals surface area contributed by atoms with E-state index in [0.29, 0.717) is 0 Å². The number of hydrogen-bond donors (Lipinski definition) is 0. The summed E-state index contributed by atoms with van der Waals surface area (Å²) in [7, 11) is 0. The Labute approximate surface area is 704 Å². The number of aromatic nitrogens is 5. The number of aryl methyl sites for hydroxylation is 4. The lowest BCUT2D eigenvalue weighted by Gasteiger charge is -2.10. The molecule has 0 aliphatic rings. The third-order valence-electron chi connectivity index (χ3n) is 24.3. The Morgan fingerprint density at radius 1 is 0.175 bits per heavy atom. The van der Waals surface area contributed by atoms with E-state index in [1.807, 2.05) is 34.0 Å². The molecule has 18 aromatic carbocycles. The van der Waals surface area contributed by atoms with Crippen LogP contribution in [0.4, 0.5) is 0 Å². The number of nitrogens with zero attached hydrogens (tertiary/aromatic N) is 5. The number of para-hydroxylation sites is 9. The van der Waals surface area contributed by atoms with Gasteiger partial charge >= 0.3 is 0 Å². The van der Waals surface area contributed by atoms with Crippen molar-refractivity contribution in [3.8, 4) is 39.6 Å². The molecule has 120 heavy (non-hydrogen) atoms. The van der Waals surface area contributed by atoms with Gasteiger partial charge in [-0.05, 0) is 207 Å². The van der Waals surface area contributed by atoms with Crippen LogP contribution in [0.5, 0.6) is 0 Å². The van der Waals surface area contributed by atoms with Crippen molar-refractivity contribution in [3.05, 3.63) is 417 Å². The van der Waals surface area contributed by atoms with Gasteiger partial charge < -0.3 is 22.8 Å². The lowest BCUT2D eigenvalue weighted by Crippen LogP contribution is -1.93.